The summed E-state index contributed by atoms with van der Waals surface area (Å²) in [7, 11) is 0. The molecule has 0 spiro atoms. The lowest BCUT2D eigenvalue weighted by Gasteiger charge is -2.28. The van der Waals surface area contributed by atoms with Crippen LogP contribution in [0, 0.1) is 5.92 Å². The van der Waals surface area contributed by atoms with Crippen LogP contribution in [-0.4, -0.2) is 25.7 Å². The molecule has 1 aromatic carbocycles. The summed E-state index contributed by atoms with van der Waals surface area (Å²) in [4.78, 5) is 2.35. The van der Waals surface area contributed by atoms with E-state index in [4.69, 9.17) is 23.2 Å². The summed E-state index contributed by atoms with van der Waals surface area (Å²) in [6, 6.07) is 6.35. The van der Waals surface area contributed by atoms with Crippen LogP contribution in [0.1, 0.15) is 19.3 Å². The average Bonchev–Trinajstić information content (AvgIpc) is 3.15. The molecule has 1 saturated carbocycles. The van der Waals surface area contributed by atoms with Gasteiger partial charge in [0.15, 0.2) is 0 Å². The molecule has 1 aliphatic heterocycles. The summed E-state index contributed by atoms with van der Waals surface area (Å²) < 4.78 is 0. The van der Waals surface area contributed by atoms with Gasteiger partial charge in [-0.3, -0.25) is 0 Å². The van der Waals surface area contributed by atoms with Crippen LogP contribution < -0.4 is 10.2 Å². The fourth-order valence-corrected chi connectivity index (χ4v) is 3.40. The second kappa shape index (κ2) is 5.28. The number of anilines is 1. The van der Waals surface area contributed by atoms with E-state index in [1.54, 1.807) is 0 Å². The van der Waals surface area contributed by atoms with Crippen LogP contribution in [-0.2, 0) is 0 Å². The predicted molar refractivity (Wildman–Crippen MR) is 77.8 cm³/mol. The SMILES string of the molecule is Clc1cccc(Cl)c1N1CCCNC(C2CC2)C1. The van der Waals surface area contributed by atoms with Crippen molar-refractivity contribution >= 4 is 28.9 Å². The summed E-state index contributed by atoms with van der Waals surface area (Å²) in [6.45, 7) is 3.15. The van der Waals surface area contributed by atoms with Crippen LogP contribution in [0.15, 0.2) is 18.2 Å². The first-order valence-corrected chi connectivity index (χ1v) is 7.43. The minimum absolute atomic E-state index is 0.597. The third-order valence-electron chi connectivity index (χ3n) is 3.87. The van der Waals surface area contributed by atoms with Crippen molar-refractivity contribution in [2.75, 3.05) is 24.5 Å². The van der Waals surface area contributed by atoms with Crippen LogP contribution in [0.25, 0.3) is 0 Å². The number of hydrogen-bond acceptors (Lipinski definition) is 2. The lowest BCUT2D eigenvalue weighted by Crippen LogP contribution is -2.39. The van der Waals surface area contributed by atoms with Crippen molar-refractivity contribution in [2.24, 2.45) is 5.92 Å². The van der Waals surface area contributed by atoms with Gasteiger partial charge in [-0.1, -0.05) is 29.3 Å². The quantitative estimate of drug-likeness (QED) is 0.893. The zero-order valence-electron chi connectivity index (χ0n) is 10.3. The summed E-state index contributed by atoms with van der Waals surface area (Å²) in [6.07, 6.45) is 3.87. The molecule has 1 N–H and O–H groups in total. The molecule has 1 heterocycles. The topological polar surface area (TPSA) is 15.3 Å². The standard InChI is InChI=1S/C14H18Cl2N2/c15-11-3-1-4-12(16)14(11)18-8-2-7-17-13(9-18)10-5-6-10/h1,3-4,10,13,17H,2,5-9H2. The van der Waals surface area contributed by atoms with E-state index in [2.05, 4.69) is 10.2 Å². The highest BCUT2D eigenvalue weighted by Crippen LogP contribution is 2.37. The Labute approximate surface area is 118 Å². The Balaban J connectivity index is 1.84. The van der Waals surface area contributed by atoms with Gasteiger partial charge in [0.05, 0.1) is 15.7 Å². The molecule has 1 atom stereocenters. The predicted octanol–water partition coefficient (Wildman–Crippen LogP) is 3.57. The number of rotatable bonds is 2. The van der Waals surface area contributed by atoms with E-state index in [0.717, 1.165) is 47.7 Å². The molecule has 2 nitrogen and oxygen atoms in total. The lowest BCUT2D eigenvalue weighted by molar-refractivity contribution is 0.490. The minimum atomic E-state index is 0.597. The molecular formula is C14H18Cl2N2. The van der Waals surface area contributed by atoms with Crippen molar-refractivity contribution in [3.8, 4) is 0 Å². The van der Waals surface area contributed by atoms with Gasteiger partial charge in [0.1, 0.15) is 0 Å². The van der Waals surface area contributed by atoms with Crippen molar-refractivity contribution in [1.82, 2.24) is 5.32 Å². The van der Waals surface area contributed by atoms with E-state index in [1.807, 2.05) is 18.2 Å². The molecule has 1 unspecified atom stereocenters. The fourth-order valence-electron chi connectivity index (χ4n) is 2.76. The average molecular weight is 285 g/mol. The fraction of sp³-hybridized carbons (Fsp3) is 0.571. The molecule has 1 saturated heterocycles. The molecule has 3 rings (SSSR count). The first-order chi connectivity index (χ1) is 8.75. The van der Waals surface area contributed by atoms with Gasteiger partial charge in [0.2, 0.25) is 0 Å². The highest BCUT2D eigenvalue weighted by molar-refractivity contribution is 6.39. The van der Waals surface area contributed by atoms with Crippen LogP contribution >= 0.6 is 23.2 Å². The molecule has 1 aromatic rings. The monoisotopic (exact) mass is 284 g/mol. The maximum absolute atomic E-state index is 6.31. The van der Waals surface area contributed by atoms with Gasteiger partial charge in [0.25, 0.3) is 0 Å². The van der Waals surface area contributed by atoms with E-state index in [-0.39, 0.29) is 0 Å². The number of para-hydroxylation sites is 1. The van der Waals surface area contributed by atoms with E-state index in [0.29, 0.717) is 6.04 Å². The number of nitrogens with one attached hydrogen (secondary N) is 1. The van der Waals surface area contributed by atoms with Crippen LogP contribution in [0.4, 0.5) is 5.69 Å². The second-order valence-electron chi connectivity index (χ2n) is 5.27. The summed E-state index contributed by atoms with van der Waals surface area (Å²) >= 11 is 12.6. The van der Waals surface area contributed by atoms with Crippen molar-refractivity contribution in [3.63, 3.8) is 0 Å². The maximum atomic E-state index is 6.31. The number of halogens is 2. The second-order valence-corrected chi connectivity index (χ2v) is 6.08. The molecule has 0 bridgehead atoms. The maximum Gasteiger partial charge on any atom is 0.0745 e. The summed E-state index contributed by atoms with van der Waals surface area (Å²) in [5, 5.41) is 5.18. The third kappa shape index (κ3) is 2.61. The van der Waals surface area contributed by atoms with E-state index < -0.39 is 0 Å². The van der Waals surface area contributed by atoms with E-state index in [9.17, 15) is 0 Å². The van der Waals surface area contributed by atoms with Gasteiger partial charge >= 0.3 is 0 Å². The van der Waals surface area contributed by atoms with Crippen molar-refractivity contribution in [3.05, 3.63) is 28.2 Å². The molecule has 2 aliphatic rings. The molecule has 4 heteroatoms. The lowest BCUT2D eigenvalue weighted by atomic mass is 10.1. The molecule has 2 fully saturated rings. The molecule has 0 radical (unpaired) electrons. The van der Waals surface area contributed by atoms with Gasteiger partial charge in [-0.15, -0.1) is 0 Å². The smallest absolute Gasteiger partial charge is 0.0745 e. The first-order valence-electron chi connectivity index (χ1n) is 6.68. The van der Waals surface area contributed by atoms with Gasteiger partial charge in [0, 0.05) is 19.1 Å². The summed E-state index contributed by atoms with van der Waals surface area (Å²) in [5.41, 5.74) is 1.01. The van der Waals surface area contributed by atoms with Crippen molar-refractivity contribution < 1.29 is 0 Å². The normalized spacial score (nSPS) is 25.0. The number of nitrogens with zero attached hydrogens (tertiary/aromatic N) is 1. The molecule has 98 valence electrons. The molecule has 1 aliphatic carbocycles. The zero-order chi connectivity index (χ0) is 12.5. The highest BCUT2D eigenvalue weighted by Gasteiger charge is 2.33. The molecular weight excluding hydrogens is 267 g/mol. The Bertz CT molecular complexity index is 412. The van der Waals surface area contributed by atoms with Gasteiger partial charge < -0.3 is 10.2 Å². The minimum Gasteiger partial charge on any atom is -0.368 e. The van der Waals surface area contributed by atoms with E-state index >= 15 is 0 Å². The third-order valence-corrected chi connectivity index (χ3v) is 4.48. The van der Waals surface area contributed by atoms with Crippen molar-refractivity contribution in [1.29, 1.82) is 0 Å². The Morgan fingerprint density at radius 2 is 1.89 bits per heavy atom. The van der Waals surface area contributed by atoms with E-state index in [1.165, 1.54) is 12.8 Å². The molecule has 0 amide bonds. The van der Waals surface area contributed by atoms with Crippen molar-refractivity contribution in [2.45, 2.75) is 25.3 Å². The molecule has 0 aromatic heterocycles. The van der Waals surface area contributed by atoms with Crippen LogP contribution in [0.2, 0.25) is 10.0 Å². The Kier molecular flexibility index (Phi) is 3.69. The van der Waals surface area contributed by atoms with Crippen LogP contribution in [0.3, 0.4) is 0 Å². The molecule has 18 heavy (non-hydrogen) atoms. The first kappa shape index (κ1) is 12.6. The van der Waals surface area contributed by atoms with Gasteiger partial charge in [-0.2, -0.15) is 0 Å². The Morgan fingerprint density at radius 1 is 1.17 bits per heavy atom. The number of hydrogen-bond donors (Lipinski definition) is 1. The van der Waals surface area contributed by atoms with Crippen LogP contribution in [0.5, 0.6) is 0 Å². The largest absolute Gasteiger partial charge is 0.368 e. The highest BCUT2D eigenvalue weighted by atomic mass is 35.5. The van der Waals surface area contributed by atoms with Gasteiger partial charge in [-0.05, 0) is 43.9 Å². The Morgan fingerprint density at radius 3 is 2.56 bits per heavy atom. The summed E-state index contributed by atoms with van der Waals surface area (Å²) in [5.74, 6) is 0.854. The Hall–Kier alpha value is -0.440. The van der Waals surface area contributed by atoms with Gasteiger partial charge in [-0.25, -0.2) is 0 Å². The number of benzene rings is 1. The zero-order valence-corrected chi connectivity index (χ0v) is 11.8.